The Morgan fingerprint density at radius 1 is 1.47 bits per heavy atom. The van der Waals surface area contributed by atoms with Gasteiger partial charge >= 0.3 is 0 Å². The van der Waals surface area contributed by atoms with E-state index in [9.17, 15) is 9.18 Å². The Morgan fingerprint density at radius 3 is 2.60 bits per heavy atom. The molecule has 2 nitrogen and oxygen atoms in total. The minimum atomic E-state index is -0.346. The van der Waals surface area contributed by atoms with Crippen molar-refractivity contribution in [3.05, 3.63) is 35.1 Å². The van der Waals surface area contributed by atoms with E-state index in [2.05, 4.69) is 5.32 Å². The fraction of sp³-hybridized carbons (Fsp3) is 0.417. The predicted octanol–water partition coefficient (Wildman–Crippen LogP) is 1.93. The molecular weight excluding hydrogens is 193 g/mol. The molecule has 80 valence electrons. The van der Waals surface area contributed by atoms with E-state index in [4.69, 9.17) is 0 Å². The van der Waals surface area contributed by atoms with Crippen LogP contribution in [0.25, 0.3) is 0 Å². The summed E-state index contributed by atoms with van der Waals surface area (Å²) in [6.45, 7) is 4.96. The Labute approximate surface area is 88.5 Å². The van der Waals surface area contributed by atoms with E-state index in [1.807, 2.05) is 6.92 Å². The monoisotopic (exact) mass is 207 g/mol. The molecule has 1 aromatic carbocycles. The molecule has 0 aliphatic carbocycles. The van der Waals surface area contributed by atoms with Gasteiger partial charge in [0.2, 0.25) is 0 Å². The Hall–Kier alpha value is -1.22. The van der Waals surface area contributed by atoms with Gasteiger partial charge in [0.1, 0.15) is 5.82 Å². The minimum Gasteiger partial charge on any atom is -0.315 e. The van der Waals surface area contributed by atoms with Crippen LogP contribution in [0.4, 0.5) is 4.39 Å². The SMILES string of the molecule is Cc1ccc(C(=O)C2(C)CNC2)cc1F. The van der Waals surface area contributed by atoms with Crippen LogP contribution in [-0.2, 0) is 0 Å². The van der Waals surface area contributed by atoms with Crippen LogP contribution in [0.3, 0.4) is 0 Å². The maximum Gasteiger partial charge on any atom is 0.171 e. The minimum absolute atomic E-state index is 0.0279. The van der Waals surface area contributed by atoms with Crippen LogP contribution in [-0.4, -0.2) is 18.9 Å². The second-order valence-corrected chi connectivity index (χ2v) is 4.46. The first-order chi connectivity index (χ1) is 7.03. The molecule has 3 heteroatoms. The summed E-state index contributed by atoms with van der Waals surface area (Å²) in [4.78, 5) is 12.0. The highest BCUT2D eigenvalue weighted by Gasteiger charge is 2.39. The van der Waals surface area contributed by atoms with E-state index < -0.39 is 0 Å². The number of halogens is 1. The number of carbonyl (C=O) groups is 1. The number of carbonyl (C=O) groups excluding carboxylic acids is 1. The Balaban J connectivity index is 2.30. The van der Waals surface area contributed by atoms with Crippen molar-refractivity contribution >= 4 is 5.78 Å². The van der Waals surface area contributed by atoms with Gasteiger partial charge in [0.25, 0.3) is 0 Å². The molecule has 1 aliphatic heterocycles. The fourth-order valence-corrected chi connectivity index (χ4v) is 1.74. The van der Waals surface area contributed by atoms with Gasteiger partial charge in [0.05, 0.1) is 5.41 Å². The van der Waals surface area contributed by atoms with E-state index in [0.717, 1.165) is 0 Å². The molecule has 1 heterocycles. The topological polar surface area (TPSA) is 29.1 Å². The second kappa shape index (κ2) is 3.42. The summed E-state index contributed by atoms with van der Waals surface area (Å²) in [6.07, 6.45) is 0. The maximum atomic E-state index is 13.3. The number of rotatable bonds is 2. The number of aryl methyl sites for hydroxylation is 1. The summed E-state index contributed by atoms with van der Waals surface area (Å²) < 4.78 is 13.3. The average molecular weight is 207 g/mol. The zero-order valence-corrected chi connectivity index (χ0v) is 8.93. The quantitative estimate of drug-likeness (QED) is 0.751. The summed E-state index contributed by atoms with van der Waals surface area (Å²) in [5.41, 5.74) is 0.701. The van der Waals surface area contributed by atoms with E-state index in [1.165, 1.54) is 6.07 Å². The lowest BCUT2D eigenvalue weighted by molar-refractivity contribution is 0.0721. The summed E-state index contributed by atoms with van der Waals surface area (Å²) in [5, 5.41) is 3.06. The molecule has 1 aromatic rings. The zero-order chi connectivity index (χ0) is 11.1. The van der Waals surface area contributed by atoms with Crippen molar-refractivity contribution in [2.24, 2.45) is 5.41 Å². The molecule has 0 bridgehead atoms. The normalized spacial score (nSPS) is 18.3. The number of hydrogen-bond acceptors (Lipinski definition) is 2. The van der Waals surface area contributed by atoms with Crippen molar-refractivity contribution in [1.29, 1.82) is 0 Å². The van der Waals surface area contributed by atoms with Gasteiger partial charge in [0, 0.05) is 18.7 Å². The number of ketones is 1. The van der Waals surface area contributed by atoms with Crippen LogP contribution in [0, 0.1) is 18.2 Å². The second-order valence-electron chi connectivity index (χ2n) is 4.46. The van der Waals surface area contributed by atoms with Crippen molar-refractivity contribution in [2.75, 3.05) is 13.1 Å². The first-order valence-electron chi connectivity index (χ1n) is 5.05. The standard InChI is InChI=1S/C12H14FNO/c1-8-3-4-9(5-10(8)13)11(15)12(2)6-14-7-12/h3-5,14H,6-7H2,1-2H3. The van der Waals surface area contributed by atoms with Crippen LogP contribution in [0.1, 0.15) is 22.8 Å². The molecule has 0 aromatic heterocycles. The van der Waals surface area contributed by atoms with E-state index in [-0.39, 0.29) is 17.0 Å². The third-order valence-electron chi connectivity index (χ3n) is 3.01. The third-order valence-corrected chi connectivity index (χ3v) is 3.01. The smallest absolute Gasteiger partial charge is 0.171 e. The Kier molecular flexibility index (Phi) is 2.35. The molecular formula is C12H14FNO. The summed E-state index contributed by atoms with van der Waals surface area (Å²) in [5.74, 6) is -0.281. The van der Waals surface area contributed by atoms with Crippen LogP contribution < -0.4 is 5.32 Å². The van der Waals surface area contributed by atoms with Crippen molar-refractivity contribution < 1.29 is 9.18 Å². The number of nitrogens with one attached hydrogen (secondary N) is 1. The first-order valence-corrected chi connectivity index (χ1v) is 5.05. The summed E-state index contributed by atoms with van der Waals surface area (Å²) in [7, 11) is 0. The maximum absolute atomic E-state index is 13.3. The molecule has 1 aliphatic rings. The molecule has 1 saturated heterocycles. The van der Waals surface area contributed by atoms with Crippen molar-refractivity contribution in [3.8, 4) is 0 Å². The number of hydrogen-bond donors (Lipinski definition) is 1. The lowest BCUT2D eigenvalue weighted by atomic mass is 9.77. The molecule has 0 amide bonds. The molecule has 0 spiro atoms. The largest absolute Gasteiger partial charge is 0.315 e. The summed E-state index contributed by atoms with van der Waals surface area (Å²) >= 11 is 0. The lowest BCUT2D eigenvalue weighted by Crippen LogP contribution is -2.56. The van der Waals surface area contributed by atoms with Crippen LogP contribution in [0.15, 0.2) is 18.2 Å². The molecule has 0 atom stereocenters. The van der Waals surface area contributed by atoms with Gasteiger partial charge in [0.15, 0.2) is 5.78 Å². The molecule has 1 N–H and O–H groups in total. The highest BCUT2D eigenvalue weighted by atomic mass is 19.1. The molecule has 0 unspecified atom stereocenters. The summed E-state index contributed by atoms with van der Waals surface area (Å²) in [6, 6.07) is 4.68. The molecule has 15 heavy (non-hydrogen) atoms. The highest BCUT2D eigenvalue weighted by Crippen LogP contribution is 2.27. The lowest BCUT2D eigenvalue weighted by Gasteiger charge is -2.37. The van der Waals surface area contributed by atoms with Crippen LogP contribution >= 0.6 is 0 Å². The van der Waals surface area contributed by atoms with E-state index in [0.29, 0.717) is 24.2 Å². The predicted molar refractivity (Wildman–Crippen MR) is 56.4 cm³/mol. The van der Waals surface area contributed by atoms with Gasteiger partial charge < -0.3 is 5.32 Å². The van der Waals surface area contributed by atoms with Gasteiger partial charge in [-0.3, -0.25) is 4.79 Å². The Bertz CT molecular complexity index is 410. The highest BCUT2D eigenvalue weighted by molar-refractivity contribution is 6.01. The molecule has 0 saturated carbocycles. The first kappa shape index (κ1) is 10.3. The van der Waals surface area contributed by atoms with Gasteiger partial charge in [-0.1, -0.05) is 12.1 Å². The van der Waals surface area contributed by atoms with Crippen LogP contribution in [0.2, 0.25) is 0 Å². The van der Waals surface area contributed by atoms with Crippen molar-refractivity contribution in [1.82, 2.24) is 5.32 Å². The van der Waals surface area contributed by atoms with Gasteiger partial charge in [-0.2, -0.15) is 0 Å². The number of Topliss-reactive ketones (excluding diaryl/α,β-unsaturated/α-hetero) is 1. The molecule has 0 radical (unpaired) electrons. The third kappa shape index (κ3) is 1.67. The fourth-order valence-electron chi connectivity index (χ4n) is 1.74. The Morgan fingerprint density at radius 2 is 2.13 bits per heavy atom. The van der Waals surface area contributed by atoms with E-state index >= 15 is 0 Å². The average Bonchev–Trinajstić information content (AvgIpc) is 2.17. The van der Waals surface area contributed by atoms with Crippen molar-refractivity contribution in [2.45, 2.75) is 13.8 Å². The zero-order valence-electron chi connectivity index (χ0n) is 8.93. The van der Waals surface area contributed by atoms with Gasteiger partial charge in [-0.05, 0) is 25.5 Å². The van der Waals surface area contributed by atoms with E-state index in [1.54, 1.807) is 19.1 Å². The molecule has 1 fully saturated rings. The van der Waals surface area contributed by atoms with Crippen molar-refractivity contribution in [3.63, 3.8) is 0 Å². The molecule has 2 rings (SSSR count). The van der Waals surface area contributed by atoms with Gasteiger partial charge in [-0.25, -0.2) is 4.39 Å². The van der Waals surface area contributed by atoms with Gasteiger partial charge in [-0.15, -0.1) is 0 Å². The van der Waals surface area contributed by atoms with Crippen LogP contribution in [0.5, 0.6) is 0 Å². The number of benzene rings is 1.